The van der Waals surface area contributed by atoms with E-state index in [9.17, 15) is 32.8 Å². The molecule has 1 unspecified atom stereocenters. The summed E-state index contributed by atoms with van der Waals surface area (Å²) in [7, 11) is 0. The molecule has 0 aliphatic carbocycles. The molecule has 4 atom stereocenters. The van der Waals surface area contributed by atoms with Gasteiger partial charge in [-0.1, -0.05) is 23.8 Å². The van der Waals surface area contributed by atoms with Gasteiger partial charge >= 0.3 is 6.03 Å². The van der Waals surface area contributed by atoms with Crippen LogP contribution in [0.1, 0.15) is 73.8 Å². The molecule has 2 aromatic carbocycles. The van der Waals surface area contributed by atoms with Crippen molar-refractivity contribution in [1.29, 1.82) is 0 Å². The molecule has 5 rings (SSSR count). The van der Waals surface area contributed by atoms with Gasteiger partial charge in [-0.3, -0.25) is 19.2 Å². The van der Waals surface area contributed by atoms with Gasteiger partial charge in [-0.25, -0.2) is 18.3 Å². The van der Waals surface area contributed by atoms with E-state index in [4.69, 9.17) is 15.2 Å². The number of fused-ring (bicyclic) bond motifs is 1. The molecule has 18 heteroatoms. The molecule has 0 spiro atoms. The molecule has 0 radical (unpaired) electrons. The second-order valence-corrected chi connectivity index (χ2v) is 15.2. The normalized spacial score (nSPS) is 17.7. The summed E-state index contributed by atoms with van der Waals surface area (Å²) in [4.78, 5) is 62.5. The van der Waals surface area contributed by atoms with Crippen LogP contribution in [-0.4, -0.2) is 106 Å². The van der Waals surface area contributed by atoms with Crippen LogP contribution < -0.4 is 31.7 Å². The fourth-order valence-electron chi connectivity index (χ4n) is 6.55. The molecule has 3 heterocycles. The van der Waals surface area contributed by atoms with E-state index in [1.807, 2.05) is 11.8 Å². The minimum Gasteiger partial charge on any atom is -0.480 e. The number of Topliss-reactive ketones (excluding diaryl/α,β-unsaturated/α-hetero) is 2. The van der Waals surface area contributed by atoms with Gasteiger partial charge in [-0.2, -0.15) is 11.8 Å². The number of nitrogens with two attached hydrogens (primary N) is 1. The van der Waals surface area contributed by atoms with E-state index in [1.165, 1.54) is 10.7 Å². The number of urea groups is 1. The number of nitrogens with one attached hydrogen (secondary N) is 4. The Kier molecular flexibility index (Phi) is 16.8. The minimum absolute atomic E-state index is 0.00745. The number of halogens is 2. The first-order chi connectivity index (χ1) is 27.6. The number of aryl methyl sites for hydroxylation is 1. The van der Waals surface area contributed by atoms with Gasteiger partial charge in [-0.05, 0) is 69.0 Å². The lowest BCUT2D eigenvalue weighted by atomic mass is 10.0. The van der Waals surface area contributed by atoms with Crippen molar-refractivity contribution in [3.8, 4) is 11.4 Å². The predicted molar refractivity (Wildman–Crippen MR) is 208 cm³/mol. The van der Waals surface area contributed by atoms with Gasteiger partial charge in [0.05, 0.1) is 48.9 Å². The molecule has 2 fully saturated rings. The monoisotopic (exact) mass is 812 g/mol. The Balaban J connectivity index is 0.972. The van der Waals surface area contributed by atoms with Crippen LogP contribution in [0.3, 0.4) is 0 Å². The van der Waals surface area contributed by atoms with Crippen molar-refractivity contribution >= 4 is 41.2 Å². The first-order valence-electron chi connectivity index (χ1n) is 19.3. The number of amides is 4. The van der Waals surface area contributed by atoms with Crippen molar-refractivity contribution in [3.63, 3.8) is 0 Å². The fraction of sp³-hybridized carbons (Fsp3) is 0.513. The minimum atomic E-state index is -0.983. The highest BCUT2D eigenvalue weighted by Crippen LogP contribution is 2.33. The molecule has 6 N–H and O–H groups in total. The molecule has 0 saturated carbocycles. The van der Waals surface area contributed by atoms with Gasteiger partial charge in [0.25, 0.3) is 5.91 Å². The van der Waals surface area contributed by atoms with E-state index < -0.39 is 41.7 Å². The number of hydrogen-bond donors (Lipinski definition) is 5. The summed E-state index contributed by atoms with van der Waals surface area (Å²) >= 11 is 1.87. The van der Waals surface area contributed by atoms with Crippen molar-refractivity contribution in [3.05, 3.63) is 71.6 Å². The molecular formula is C39H50F2N8O7S. The number of nitrogens with zero attached hydrogens (tertiary/aromatic N) is 3. The van der Waals surface area contributed by atoms with Crippen molar-refractivity contribution in [2.24, 2.45) is 5.73 Å². The zero-order chi connectivity index (χ0) is 40.6. The number of rotatable bonds is 25. The number of thioether (sulfide) groups is 1. The summed E-state index contributed by atoms with van der Waals surface area (Å²) in [5.41, 5.74) is 6.94. The molecule has 2 aliphatic rings. The quantitative estimate of drug-likeness (QED) is 0.0620. The number of aromatic nitrogens is 3. The van der Waals surface area contributed by atoms with Crippen LogP contribution >= 0.6 is 11.8 Å². The first kappa shape index (κ1) is 43.2. The van der Waals surface area contributed by atoms with Gasteiger partial charge in [0.1, 0.15) is 12.4 Å². The SMILES string of the molecule is NCCCCC(NC(=O)c1cccc(-n2cc(CCC(=O)CCOCCNC(=O)CCCC[C@@H]3SC[C@@H]4NC(=O)N[C@@H]43)nn2)c1)C(=O)COc1c(F)cccc1F. The van der Waals surface area contributed by atoms with E-state index in [0.717, 1.165) is 37.1 Å². The van der Waals surface area contributed by atoms with Crippen LogP contribution in [0, 0.1) is 11.6 Å². The Morgan fingerprint density at radius 3 is 2.61 bits per heavy atom. The van der Waals surface area contributed by atoms with Crippen LogP contribution in [-0.2, 0) is 25.5 Å². The van der Waals surface area contributed by atoms with Gasteiger partial charge in [0.15, 0.2) is 23.2 Å². The van der Waals surface area contributed by atoms with E-state index in [1.54, 1.807) is 30.5 Å². The number of carbonyl (C=O) groups is 5. The second-order valence-electron chi connectivity index (χ2n) is 13.9. The molecule has 3 aromatic rings. The first-order valence-corrected chi connectivity index (χ1v) is 20.3. The molecule has 1 aromatic heterocycles. The van der Waals surface area contributed by atoms with Crippen LogP contribution in [0.4, 0.5) is 13.6 Å². The Labute approximate surface area is 333 Å². The number of para-hydroxylation sites is 1. The van der Waals surface area contributed by atoms with E-state index in [0.29, 0.717) is 62.0 Å². The van der Waals surface area contributed by atoms with E-state index in [2.05, 4.69) is 31.6 Å². The lowest BCUT2D eigenvalue weighted by Gasteiger charge is -2.18. The summed E-state index contributed by atoms with van der Waals surface area (Å²) < 4.78 is 40.2. The standard InChI is InChI=1S/C39H50F2N8O7S/c40-29-9-6-10-30(41)37(29)56-23-33(51)31(11-3-4-17-42)44-38(53)25-7-5-8-27(21-25)49-22-26(47-48-49)14-15-28(50)16-19-55-20-18-43-35(52)13-2-1-12-34-36-32(24-57-34)45-39(54)46-36/h5-10,21-22,31-32,34,36H,1-4,11-20,23-24,42H2,(H,43,52)(H,44,53)(H2,45,46,54)/t31?,32-,34-,36-/m0/s1. The maximum absolute atomic E-state index is 14.0. The number of carbonyl (C=O) groups excluding carboxylic acids is 5. The molecular weight excluding hydrogens is 763 g/mol. The summed E-state index contributed by atoms with van der Waals surface area (Å²) in [6, 6.07) is 9.05. The van der Waals surface area contributed by atoms with Crippen LogP contribution in [0.2, 0.25) is 0 Å². The summed E-state index contributed by atoms with van der Waals surface area (Å²) in [6.45, 7) is 0.647. The molecule has 57 heavy (non-hydrogen) atoms. The molecule has 15 nitrogen and oxygen atoms in total. The smallest absolute Gasteiger partial charge is 0.315 e. The third-order valence-corrected chi connectivity index (χ3v) is 11.2. The van der Waals surface area contributed by atoms with Crippen LogP contribution in [0.5, 0.6) is 5.75 Å². The zero-order valence-corrected chi connectivity index (χ0v) is 32.5. The predicted octanol–water partition coefficient (Wildman–Crippen LogP) is 3.17. The Morgan fingerprint density at radius 1 is 1.00 bits per heavy atom. The topological polar surface area (TPSA) is 209 Å². The summed E-state index contributed by atoms with van der Waals surface area (Å²) in [5.74, 6) is -2.77. The highest BCUT2D eigenvalue weighted by molar-refractivity contribution is 8.00. The van der Waals surface area contributed by atoms with E-state index >= 15 is 0 Å². The third kappa shape index (κ3) is 13.3. The molecule has 4 amide bonds. The number of ether oxygens (including phenoxy) is 2. The van der Waals surface area contributed by atoms with Crippen molar-refractivity contribution in [2.45, 2.75) is 87.6 Å². The molecule has 2 saturated heterocycles. The molecule has 308 valence electrons. The molecule has 2 aliphatic heterocycles. The number of benzene rings is 2. The summed E-state index contributed by atoms with van der Waals surface area (Å²) in [6.07, 6.45) is 6.95. The number of ketones is 2. The number of hydrogen-bond acceptors (Lipinski definition) is 11. The Bertz CT molecular complexity index is 1830. The van der Waals surface area contributed by atoms with Gasteiger partial charge in [0, 0.05) is 48.8 Å². The summed E-state index contributed by atoms with van der Waals surface area (Å²) in [5, 5.41) is 20.2. The van der Waals surface area contributed by atoms with Crippen LogP contribution in [0.15, 0.2) is 48.7 Å². The Hall–Kier alpha value is -4.94. The largest absolute Gasteiger partial charge is 0.480 e. The highest BCUT2D eigenvalue weighted by atomic mass is 32.2. The van der Waals surface area contributed by atoms with Crippen molar-refractivity contribution < 1.29 is 42.2 Å². The zero-order valence-electron chi connectivity index (χ0n) is 31.7. The van der Waals surface area contributed by atoms with E-state index in [-0.39, 0.29) is 61.2 Å². The average Bonchev–Trinajstić information content (AvgIpc) is 3.93. The van der Waals surface area contributed by atoms with Crippen LogP contribution in [0.25, 0.3) is 5.69 Å². The van der Waals surface area contributed by atoms with Gasteiger partial charge < -0.3 is 36.5 Å². The maximum atomic E-state index is 14.0. The second kappa shape index (κ2) is 22.1. The third-order valence-electron chi connectivity index (χ3n) is 9.67. The number of unbranched alkanes of at least 4 members (excludes halogenated alkanes) is 2. The van der Waals surface area contributed by atoms with Gasteiger partial charge in [0.2, 0.25) is 5.91 Å². The van der Waals surface area contributed by atoms with Crippen molar-refractivity contribution in [1.82, 2.24) is 36.3 Å². The van der Waals surface area contributed by atoms with Gasteiger partial charge in [-0.15, -0.1) is 5.10 Å². The lowest BCUT2D eigenvalue weighted by molar-refractivity contribution is -0.123. The molecule has 0 bridgehead atoms. The maximum Gasteiger partial charge on any atom is 0.315 e. The van der Waals surface area contributed by atoms with Crippen molar-refractivity contribution in [2.75, 3.05) is 38.7 Å². The Morgan fingerprint density at radius 2 is 1.81 bits per heavy atom. The fourth-order valence-corrected chi connectivity index (χ4v) is 8.09. The average molecular weight is 813 g/mol. The lowest BCUT2D eigenvalue weighted by Crippen LogP contribution is -2.43. The highest BCUT2D eigenvalue weighted by Gasteiger charge is 2.42.